The Morgan fingerprint density at radius 3 is 2.78 bits per heavy atom. The molecule has 0 radical (unpaired) electrons. The van der Waals surface area contributed by atoms with Gasteiger partial charge >= 0.3 is 5.97 Å². The maximum atomic E-state index is 11.8. The van der Waals surface area contributed by atoms with Gasteiger partial charge in [-0.2, -0.15) is 0 Å². The summed E-state index contributed by atoms with van der Waals surface area (Å²) in [6.45, 7) is 0. The van der Waals surface area contributed by atoms with E-state index in [9.17, 15) is 9.59 Å². The largest absolute Gasteiger partial charge is 0.465 e. The highest BCUT2D eigenvalue weighted by Crippen LogP contribution is 2.30. The van der Waals surface area contributed by atoms with Crippen LogP contribution < -0.4 is 5.32 Å². The van der Waals surface area contributed by atoms with E-state index in [0.717, 1.165) is 0 Å². The maximum Gasteiger partial charge on any atom is 0.338 e. The first kappa shape index (κ1) is 15.5. The van der Waals surface area contributed by atoms with E-state index in [4.69, 9.17) is 21.4 Å². The highest BCUT2D eigenvalue weighted by molar-refractivity contribution is 8.26. The molecule has 1 saturated heterocycles. The van der Waals surface area contributed by atoms with Crippen LogP contribution >= 0.6 is 24.0 Å². The molecule has 2 aromatic rings. The molecule has 0 aliphatic carbocycles. The average Bonchev–Trinajstić information content (AvgIpc) is 3.13. The first-order valence-corrected chi connectivity index (χ1v) is 7.83. The standard InChI is InChI=1S/C16H11NO4S2/c1-20-15(19)11-5-3-2-4-10(11)12-7-6-9(21-12)8-13-14(18)17-16(22)23-13/h2-8H,1H3,(H,17,18,22)/b13-8-. The van der Waals surface area contributed by atoms with Crippen molar-refractivity contribution < 1.29 is 18.7 Å². The lowest BCUT2D eigenvalue weighted by Crippen LogP contribution is -2.17. The number of amides is 1. The molecular formula is C16H11NO4S2. The number of benzene rings is 1. The van der Waals surface area contributed by atoms with Crippen molar-refractivity contribution in [1.82, 2.24) is 5.32 Å². The number of thiocarbonyl (C=S) groups is 1. The number of thioether (sulfide) groups is 1. The fraction of sp³-hybridized carbons (Fsp3) is 0.0625. The smallest absolute Gasteiger partial charge is 0.338 e. The molecule has 1 aromatic carbocycles. The van der Waals surface area contributed by atoms with Crippen LogP contribution in [0.4, 0.5) is 0 Å². The van der Waals surface area contributed by atoms with Crippen LogP contribution in [-0.2, 0) is 9.53 Å². The van der Waals surface area contributed by atoms with E-state index in [1.54, 1.807) is 42.5 Å². The minimum absolute atomic E-state index is 0.243. The molecule has 3 rings (SSSR count). The van der Waals surface area contributed by atoms with E-state index in [0.29, 0.717) is 31.9 Å². The molecule has 0 spiro atoms. The van der Waals surface area contributed by atoms with Gasteiger partial charge in [-0.3, -0.25) is 4.79 Å². The Morgan fingerprint density at radius 1 is 1.30 bits per heavy atom. The molecule has 23 heavy (non-hydrogen) atoms. The molecular weight excluding hydrogens is 334 g/mol. The fourth-order valence-electron chi connectivity index (χ4n) is 2.11. The minimum Gasteiger partial charge on any atom is -0.465 e. The molecule has 0 unspecified atom stereocenters. The lowest BCUT2D eigenvalue weighted by Gasteiger charge is -2.04. The number of esters is 1. The van der Waals surface area contributed by atoms with Gasteiger partial charge < -0.3 is 14.5 Å². The van der Waals surface area contributed by atoms with Crippen molar-refractivity contribution in [3.8, 4) is 11.3 Å². The van der Waals surface area contributed by atoms with Crippen LogP contribution in [0.2, 0.25) is 0 Å². The molecule has 0 saturated carbocycles. The molecule has 1 aromatic heterocycles. The van der Waals surface area contributed by atoms with Gasteiger partial charge in [0.05, 0.1) is 17.6 Å². The van der Waals surface area contributed by atoms with Gasteiger partial charge in [-0.15, -0.1) is 0 Å². The van der Waals surface area contributed by atoms with Gasteiger partial charge in [0, 0.05) is 11.6 Å². The van der Waals surface area contributed by atoms with Crippen molar-refractivity contribution in [2.24, 2.45) is 0 Å². The summed E-state index contributed by atoms with van der Waals surface area (Å²) in [4.78, 5) is 24.0. The number of ether oxygens (including phenoxy) is 1. The predicted molar refractivity (Wildman–Crippen MR) is 91.8 cm³/mol. The molecule has 2 heterocycles. The second kappa shape index (κ2) is 6.39. The third-order valence-corrected chi connectivity index (χ3v) is 4.30. The average molecular weight is 345 g/mol. The molecule has 1 aliphatic heterocycles. The third kappa shape index (κ3) is 3.20. The van der Waals surface area contributed by atoms with E-state index in [2.05, 4.69) is 5.32 Å². The number of nitrogens with one attached hydrogen (secondary N) is 1. The number of carbonyl (C=O) groups excluding carboxylic acids is 2. The van der Waals surface area contributed by atoms with Crippen LogP contribution in [0.15, 0.2) is 45.7 Å². The molecule has 1 N–H and O–H groups in total. The van der Waals surface area contributed by atoms with E-state index >= 15 is 0 Å². The predicted octanol–water partition coefficient (Wildman–Crippen LogP) is 3.22. The fourth-order valence-corrected chi connectivity index (χ4v) is 3.14. The number of furan rings is 1. The maximum absolute atomic E-state index is 11.8. The summed E-state index contributed by atoms with van der Waals surface area (Å²) in [6.07, 6.45) is 1.61. The molecule has 7 heteroatoms. The molecule has 116 valence electrons. The Bertz CT molecular complexity index is 838. The Labute approximate surface area is 141 Å². The number of methoxy groups -OCH3 is 1. The first-order valence-electron chi connectivity index (χ1n) is 6.61. The summed E-state index contributed by atoms with van der Waals surface area (Å²) in [5, 5.41) is 2.54. The second-order valence-corrected chi connectivity index (χ2v) is 6.31. The van der Waals surface area contributed by atoms with Crippen LogP contribution in [-0.4, -0.2) is 23.3 Å². The van der Waals surface area contributed by atoms with Crippen molar-refractivity contribution in [3.05, 3.63) is 52.6 Å². The van der Waals surface area contributed by atoms with Gasteiger partial charge in [0.15, 0.2) is 0 Å². The number of carbonyl (C=O) groups is 2. The number of rotatable bonds is 3. The Balaban J connectivity index is 1.95. The van der Waals surface area contributed by atoms with E-state index in [1.165, 1.54) is 18.9 Å². The summed E-state index contributed by atoms with van der Waals surface area (Å²) in [7, 11) is 1.33. The van der Waals surface area contributed by atoms with Crippen molar-refractivity contribution in [2.75, 3.05) is 7.11 Å². The van der Waals surface area contributed by atoms with Gasteiger partial charge in [-0.25, -0.2) is 4.79 Å². The summed E-state index contributed by atoms with van der Waals surface area (Å²) in [5.74, 6) is 0.340. The normalized spacial score (nSPS) is 15.8. The summed E-state index contributed by atoms with van der Waals surface area (Å²) < 4.78 is 10.9. The Kier molecular flexibility index (Phi) is 4.31. The second-order valence-electron chi connectivity index (χ2n) is 4.59. The molecule has 0 bridgehead atoms. The zero-order valence-electron chi connectivity index (χ0n) is 12.0. The van der Waals surface area contributed by atoms with Crippen molar-refractivity contribution in [2.45, 2.75) is 0 Å². The van der Waals surface area contributed by atoms with Crippen LogP contribution in [0, 0.1) is 0 Å². The lowest BCUT2D eigenvalue weighted by molar-refractivity contribution is -0.115. The SMILES string of the molecule is COC(=O)c1ccccc1-c1ccc(/C=C2\SC(=S)NC2=O)o1. The number of hydrogen-bond acceptors (Lipinski definition) is 6. The van der Waals surface area contributed by atoms with Gasteiger partial charge in [0.2, 0.25) is 0 Å². The quantitative estimate of drug-likeness (QED) is 0.523. The summed E-state index contributed by atoms with van der Waals surface area (Å²) in [6, 6.07) is 10.5. The summed E-state index contributed by atoms with van der Waals surface area (Å²) in [5.41, 5.74) is 1.04. The van der Waals surface area contributed by atoms with Crippen LogP contribution in [0.3, 0.4) is 0 Å². The third-order valence-electron chi connectivity index (χ3n) is 3.14. The molecule has 5 nitrogen and oxygen atoms in total. The zero-order valence-corrected chi connectivity index (χ0v) is 13.6. The first-order chi connectivity index (χ1) is 11.1. The lowest BCUT2D eigenvalue weighted by atomic mass is 10.1. The van der Waals surface area contributed by atoms with Gasteiger partial charge in [-0.05, 0) is 18.2 Å². The molecule has 0 atom stereocenters. The van der Waals surface area contributed by atoms with Crippen LogP contribution in [0.5, 0.6) is 0 Å². The summed E-state index contributed by atoms with van der Waals surface area (Å²) >= 11 is 6.12. The van der Waals surface area contributed by atoms with Crippen molar-refractivity contribution in [3.63, 3.8) is 0 Å². The molecule has 1 amide bonds. The van der Waals surface area contributed by atoms with Gasteiger partial charge in [0.1, 0.15) is 15.8 Å². The Hall–Kier alpha value is -2.38. The minimum atomic E-state index is -0.437. The number of hydrogen-bond donors (Lipinski definition) is 1. The van der Waals surface area contributed by atoms with Crippen LogP contribution in [0.1, 0.15) is 16.1 Å². The zero-order chi connectivity index (χ0) is 16.4. The Morgan fingerprint density at radius 2 is 2.09 bits per heavy atom. The molecule has 1 aliphatic rings. The highest BCUT2D eigenvalue weighted by atomic mass is 32.2. The van der Waals surface area contributed by atoms with E-state index < -0.39 is 5.97 Å². The van der Waals surface area contributed by atoms with Gasteiger partial charge in [0.25, 0.3) is 5.91 Å². The van der Waals surface area contributed by atoms with E-state index in [1.807, 2.05) is 0 Å². The topological polar surface area (TPSA) is 68.5 Å². The van der Waals surface area contributed by atoms with Crippen LogP contribution in [0.25, 0.3) is 17.4 Å². The monoisotopic (exact) mass is 345 g/mol. The van der Waals surface area contributed by atoms with Crippen molar-refractivity contribution in [1.29, 1.82) is 0 Å². The molecule has 1 fully saturated rings. The highest BCUT2D eigenvalue weighted by Gasteiger charge is 2.23. The van der Waals surface area contributed by atoms with E-state index in [-0.39, 0.29) is 5.91 Å². The van der Waals surface area contributed by atoms with Crippen molar-refractivity contribution >= 4 is 46.3 Å². The van der Waals surface area contributed by atoms with Gasteiger partial charge in [-0.1, -0.05) is 42.2 Å².